The molecule has 0 saturated heterocycles. The fraction of sp³-hybridized carbons (Fsp3) is 0.276. The molecule has 3 aliphatic carbocycles. The highest BCUT2D eigenvalue weighted by molar-refractivity contribution is 6.21. The van der Waals surface area contributed by atoms with Crippen molar-refractivity contribution in [2.24, 2.45) is 23.5 Å². The number of phenols is 2. The van der Waals surface area contributed by atoms with Crippen molar-refractivity contribution in [3.05, 3.63) is 75.6 Å². The van der Waals surface area contributed by atoms with Gasteiger partial charge in [-0.1, -0.05) is 24.3 Å². The molecular formula is C29H27NO8. The molecule has 2 aromatic carbocycles. The Balaban J connectivity index is 1.51. The first-order valence-electron chi connectivity index (χ1n) is 12.2. The van der Waals surface area contributed by atoms with Gasteiger partial charge in [-0.25, -0.2) is 0 Å². The number of primary amides is 1. The molecule has 2 aromatic rings. The lowest BCUT2D eigenvalue weighted by molar-refractivity contribution is -0.127. The number of Topliss-reactive ketones (excluding diaryl/α,β-unsaturated/α-hetero) is 2. The third-order valence-corrected chi connectivity index (χ3v) is 7.70. The molecule has 38 heavy (non-hydrogen) atoms. The van der Waals surface area contributed by atoms with E-state index in [-0.39, 0.29) is 34.8 Å². The number of rotatable bonds is 5. The monoisotopic (exact) mass is 517 g/mol. The van der Waals surface area contributed by atoms with E-state index in [1.165, 1.54) is 13.2 Å². The number of ether oxygens (including phenoxy) is 1. The number of carbonyl (C=O) groups is 3. The van der Waals surface area contributed by atoms with Gasteiger partial charge in [-0.15, -0.1) is 0 Å². The third kappa shape index (κ3) is 4.00. The molecule has 196 valence electrons. The summed E-state index contributed by atoms with van der Waals surface area (Å²) in [4.78, 5) is 37.7. The molecule has 5 rings (SSSR count). The second kappa shape index (κ2) is 9.41. The summed E-state index contributed by atoms with van der Waals surface area (Å²) in [6.45, 7) is 0. The predicted octanol–water partition coefficient (Wildman–Crippen LogP) is 3.28. The van der Waals surface area contributed by atoms with Crippen LogP contribution in [0.2, 0.25) is 0 Å². The summed E-state index contributed by atoms with van der Waals surface area (Å²) in [6, 6.07) is 8.23. The van der Waals surface area contributed by atoms with Crippen LogP contribution in [-0.2, 0) is 27.2 Å². The van der Waals surface area contributed by atoms with E-state index in [1.54, 1.807) is 24.3 Å². The van der Waals surface area contributed by atoms with Gasteiger partial charge < -0.3 is 30.9 Å². The number of allylic oxidation sites excluding steroid dienone is 3. The van der Waals surface area contributed by atoms with Crippen LogP contribution in [0.4, 0.5) is 0 Å². The second-order valence-electron chi connectivity index (χ2n) is 9.89. The Bertz CT molecular complexity index is 1480. The molecular weight excluding hydrogens is 490 g/mol. The van der Waals surface area contributed by atoms with E-state index in [1.807, 2.05) is 12.2 Å². The number of aliphatic hydroxyl groups is 2. The Morgan fingerprint density at radius 1 is 1.08 bits per heavy atom. The molecule has 3 aliphatic rings. The number of nitrogens with two attached hydrogens (primary N) is 1. The summed E-state index contributed by atoms with van der Waals surface area (Å²) in [5.74, 6) is -5.12. The summed E-state index contributed by atoms with van der Waals surface area (Å²) in [7, 11) is 1.47. The van der Waals surface area contributed by atoms with Crippen LogP contribution in [0.25, 0.3) is 11.8 Å². The van der Waals surface area contributed by atoms with Crippen molar-refractivity contribution in [1.82, 2.24) is 0 Å². The molecule has 9 nitrogen and oxygen atoms in total. The quantitative estimate of drug-likeness (QED) is 0.377. The minimum absolute atomic E-state index is 0.0458. The number of ketones is 2. The molecule has 0 spiro atoms. The highest BCUT2D eigenvalue weighted by Crippen LogP contribution is 2.50. The van der Waals surface area contributed by atoms with Gasteiger partial charge in [-0.3, -0.25) is 14.4 Å². The minimum Gasteiger partial charge on any atom is -0.511 e. The van der Waals surface area contributed by atoms with Crippen LogP contribution in [0.1, 0.15) is 35.1 Å². The van der Waals surface area contributed by atoms with Crippen molar-refractivity contribution in [3.63, 3.8) is 0 Å². The molecule has 1 saturated carbocycles. The Morgan fingerprint density at radius 3 is 2.53 bits per heavy atom. The highest BCUT2D eigenvalue weighted by atomic mass is 16.5. The van der Waals surface area contributed by atoms with E-state index in [2.05, 4.69) is 0 Å². The molecule has 3 atom stereocenters. The Hall–Kier alpha value is -4.53. The number of fused-ring (bicyclic) bond motifs is 3. The van der Waals surface area contributed by atoms with Crippen LogP contribution in [0.5, 0.6) is 17.2 Å². The van der Waals surface area contributed by atoms with Gasteiger partial charge in [0.2, 0.25) is 0 Å². The van der Waals surface area contributed by atoms with Gasteiger partial charge >= 0.3 is 0 Å². The van der Waals surface area contributed by atoms with Crippen molar-refractivity contribution < 1.29 is 39.5 Å². The van der Waals surface area contributed by atoms with Crippen LogP contribution < -0.4 is 10.5 Å². The summed E-state index contributed by atoms with van der Waals surface area (Å²) in [6.07, 6.45) is 4.88. The zero-order valence-electron chi connectivity index (χ0n) is 20.6. The summed E-state index contributed by atoms with van der Waals surface area (Å²) in [5, 5.41) is 42.3. The van der Waals surface area contributed by atoms with E-state index in [4.69, 9.17) is 10.5 Å². The fourth-order valence-electron chi connectivity index (χ4n) is 5.99. The van der Waals surface area contributed by atoms with Crippen molar-refractivity contribution in [2.75, 3.05) is 7.11 Å². The number of carbonyl (C=O) groups excluding carboxylic acids is 3. The van der Waals surface area contributed by atoms with Gasteiger partial charge in [0.05, 0.1) is 18.6 Å². The number of amides is 1. The summed E-state index contributed by atoms with van der Waals surface area (Å²) < 4.78 is 5.15. The lowest BCUT2D eigenvalue weighted by Crippen LogP contribution is -2.44. The molecule has 0 aromatic heterocycles. The molecule has 9 heteroatoms. The number of aromatic hydroxyl groups is 2. The van der Waals surface area contributed by atoms with Crippen LogP contribution in [0.3, 0.4) is 0 Å². The molecule has 1 unspecified atom stereocenters. The Kier molecular flexibility index (Phi) is 6.22. The number of aliphatic hydroxyl groups excluding tert-OH is 2. The first-order chi connectivity index (χ1) is 18.1. The van der Waals surface area contributed by atoms with E-state index in [9.17, 15) is 34.8 Å². The number of methoxy groups -OCH3 is 1. The minimum atomic E-state index is -1.14. The molecule has 1 fully saturated rings. The van der Waals surface area contributed by atoms with Crippen LogP contribution in [0, 0.1) is 17.8 Å². The van der Waals surface area contributed by atoms with Gasteiger partial charge in [0, 0.05) is 12.0 Å². The highest BCUT2D eigenvalue weighted by Gasteiger charge is 2.50. The van der Waals surface area contributed by atoms with Crippen molar-refractivity contribution in [3.8, 4) is 17.2 Å². The molecule has 1 amide bonds. The van der Waals surface area contributed by atoms with Crippen LogP contribution >= 0.6 is 0 Å². The first-order valence-corrected chi connectivity index (χ1v) is 12.2. The zero-order chi connectivity index (χ0) is 27.3. The van der Waals surface area contributed by atoms with E-state index in [0.717, 1.165) is 11.1 Å². The molecule has 0 aliphatic heterocycles. The standard InChI is InChI=1S/C29H27NO8/c1-38-21-9-13(5-7-18(21)31)3-2-4-14-6-8-19(32)24-17(14)11-15-10-16-12-20(33)25(29(30)37)28(36)23(16)26(34)22(15)27(24)35/h2,4-9,15-16,23,31-32,35-36H,3,10-12H2,1H3,(H2,30,37)/b4-2-/t15-,16+,23?/m1/s1. The molecule has 6 N–H and O–H groups in total. The average Bonchev–Trinajstić information content (AvgIpc) is 2.85. The maximum Gasteiger partial charge on any atom is 0.255 e. The lowest BCUT2D eigenvalue weighted by Gasteiger charge is -2.41. The Morgan fingerprint density at radius 2 is 1.82 bits per heavy atom. The number of benzene rings is 2. The smallest absolute Gasteiger partial charge is 0.255 e. The van der Waals surface area contributed by atoms with Crippen molar-refractivity contribution >= 4 is 29.3 Å². The Labute approximate surface area is 218 Å². The second-order valence-corrected chi connectivity index (χ2v) is 9.89. The van der Waals surface area contributed by atoms with Crippen LogP contribution in [0.15, 0.2) is 53.3 Å². The maximum atomic E-state index is 13.5. The number of hydrogen-bond donors (Lipinski definition) is 5. The predicted molar refractivity (Wildman–Crippen MR) is 137 cm³/mol. The van der Waals surface area contributed by atoms with E-state index < -0.39 is 46.6 Å². The maximum absolute atomic E-state index is 13.5. The topological polar surface area (TPSA) is 167 Å². The van der Waals surface area contributed by atoms with Gasteiger partial charge in [0.25, 0.3) is 5.91 Å². The first kappa shape index (κ1) is 25.1. The largest absolute Gasteiger partial charge is 0.511 e. The van der Waals surface area contributed by atoms with Gasteiger partial charge in [0.1, 0.15) is 22.8 Å². The van der Waals surface area contributed by atoms with Crippen molar-refractivity contribution in [2.45, 2.75) is 25.7 Å². The van der Waals surface area contributed by atoms with Gasteiger partial charge in [-0.05, 0) is 66.0 Å². The van der Waals surface area contributed by atoms with E-state index >= 15 is 0 Å². The van der Waals surface area contributed by atoms with E-state index in [0.29, 0.717) is 30.6 Å². The van der Waals surface area contributed by atoms with Gasteiger partial charge in [-0.2, -0.15) is 0 Å². The van der Waals surface area contributed by atoms with Crippen LogP contribution in [-0.4, -0.2) is 45.0 Å². The number of phenolic OH excluding ortho intramolecular Hbond substituents is 2. The summed E-state index contributed by atoms with van der Waals surface area (Å²) in [5.41, 5.74) is 7.27. The van der Waals surface area contributed by atoms with Crippen molar-refractivity contribution in [1.29, 1.82) is 0 Å². The molecule has 0 bridgehead atoms. The lowest BCUT2D eigenvalue weighted by atomic mass is 9.61. The van der Waals surface area contributed by atoms with Gasteiger partial charge in [0.15, 0.2) is 23.1 Å². The fourth-order valence-corrected chi connectivity index (χ4v) is 5.99. The molecule has 0 radical (unpaired) electrons. The number of hydrogen-bond acceptors (Lipinski definition) is 8. The zero-order valence-corrected chi connectivity index (χ0v) is 20.6. The molecule has 0 heterocycles. The SMILES string of the molecule is COc1cc(C/C=C\c2ccc(O)c3c2C[C@H]2C[C@H]4CC(=O)C(C(N)=O)=C(O)C4C(=O)C2=C3O)ccc1O. The summed E-state index contributed by atoms with van der Waals surface area (Å²) >= 11 is 0. The normalized spacial score (nSPS) is 22.8. The average molecular weight is 518 g/mol. The third-order valence-electron chi connectivity index (χ3n) is 7.70.